The van der Waals surface area contributed by atoms with Crippen LogP contribution in [0.3, 0.4) is 0 Å². The molecule has 1 fully saturated rings. The van der Waals surface area contributed by atoms with Gasteiger partial charge in [0.2, 0.25) is 5.91 Å². The van der Waals surface area contributed by atoms with Crippen molar-refractivity contribution in [2.45, 2.75) is 45.2 Å². The number of likely N-dealkylation sites (tertiary alicyclic amines) is 1. The zero-order valence-electron chi connectivity index (χ0n) is 16.4. The van der Waals surface area contributed by atoms with Crippen LogP contribution >= 0.6 is 0 Å². The highest BCUT2D eigenvalue weighted by molar-refractivity contribution is 5.81. The van der Waals surface area contributed by atoms with Crippen LogP contribution in [0.4, 0.5) is 4.39 Å². The molecule has 1 aliphatic heterocycles. The molecule has 1 unspecified atom stereocenters. The van der Waals surface area contributed by atoms with Crippen LogP contribution in [0, 0.1) is 11.7 Å². The molecular weight excluding hydrogens is 355 g/mol. The highest BCUT2D eigenvalue weighted by Gasteiger charge is 2.26. The topological polar surface area (TPSA) is 52.6 Å². The van der Waals surface area contributed by atoms with E-state index in [2.05, 4.69) is 10.2 Å². The quantitative estimate of drug-likeness (QED) is 0.762. The van der Waals surface area contributed by atoms with Crippen molar-refractivity contribution in [3.05, 3.63) is 65.5 Å². The Balaban J connectivity index is 1.38. The second kappa shape index (κ2) is 9.69. The van der Waals surface area contributed by atoms with Gasteiger partial charge >= 0.3 is 0 Å². The zero-order valence-corrected chi connectivity index (χ0v) is 16.4. The molecule has 1 saturated heterocycles. The average molecular weight is 384 g/mol. The summed E-state index contributed by atoms with van der Waals surface area (Å²) in [6.45, 7) is 4.25. The molecule has 0 aromatic heterocycles. The summed E-state index contributed by atoms with van der Waals surface area (Å²) < 4.78 is 13.0. The van der Waals surface area contributed by atoms with Gasteiger partial charge in [-0.3, -0.25) is 9.69 Å². The Hall–Kier alpha value is -2.40. The Labute approximate surface area is 166 Å². The first-order valence-electron chi connectivity index (χ1n) is 10.1. The van der Waals surface area contributed by atoms with Crippen LogP contribution in [0.1, 0.15) is 37.3 Å². The number of piperidine rings is 1. The van der Waals surface area contributed by atoms with Crippen molar-refractivity contribution in [3.8, 4) is 5.75 Å². The maximum absolute atomic E-state index is 13.0. The van der Waals surface area contributed by atoms with E-state index in [1.807, 2.05) is 19.1 Å². The molecule has 1 atom stereocenters. The predicted octanol–water partition coefficient (Wildman–Crippen LogP) is 3.88. The van der Waals surface area contributed by atoms with Gasteiger partial charge in [-0.1, -0.05) is 24.3 Å². The molecule has 0 aliphatic carbocycles. The fourth-order valence-corrected chi connectivity index (χ4v) is 3.77. The van der Waals surface area contributed by atoms with Crippen LogP contribution in [-0.2, 0) is 17.8 Å². The molecule has 0 spiro atoms. The summed E-state index contributed by atoms with van der Waals surface area (Å²) in [5.74, 6) is 0.742. The van der Waals surface area contributed by atoms with Crippen molar-refractivity contribution in [2.24, 2.45) is 5.92 Å². The molecule has 4 nitrogen and oxygen atoms in total. The molecule has 1 amide bonds. The van der Waals surface area contributed by atoms with Crippen LogP contribution in [0.25, 0.3) is 0 Å². The van der Waals surface area contributed by atoms with Crippen LogP contribution in [0.15, 0.2) is 48.5 Å². The molecule has 28 heavy (non-hydrogen) atoms. The number of hydrogen-bond donors (Lipinski definition) is 2. The molecule has 2 N–H and O–H groups in total. The van der Waals surface area contributed by atoms with Gasteiger partial charge in [0.15, 0.2) is 0 Å². The van der Waals surface area contributed by atoms with Gasteiger partial charge in [0.1, 0.15) is 11.6 Å². The molecule has 150 valence electrons. The van der Waals surface area contributed by atoms with Gasteiger partial charge in [-0.2, -0.15) is 0 Å². The van der Waals surface area contributed by atoms with E-state index in [0.717, 1.165) is 44.3 Å². The lowest BCUT2D eigenvalue weighted by molar-refractivity contribution is -0.126. The Morgan fingerprint density at radius 2 is 1.71 bits per heavy atom. The van der Waals surface area contributed by atoms with Gasteiger partial charge in [-0.15, -0.1) is 0 Å². The number of nitrogens with zero attached hydrogens (tertiary/aromatic N) is 1. The van der Waals surface area contributed by atoms with E-state index in [1.165, 1.54) is 17.7 Å². The van der Waals surface area contributed by atoms with Crippen molar-refractivity contribution in [1.82, 2.24) is 10.2 Å². The van der Waals surface area contributed by atoms with Gasteiger partial charge in [-0.25, -0.2) is 4.39 Å². The molecule has 0 saturated carbocycles. The minimum atomic E-state index is -0.267. The first-order chi connectivity index (χ1) is 13.5. The van der Waals surface area contributed by atoms with E-state index in [9.17, 15) is 14.3 Å². The standard InChI is InChI=1S/C23H29FN2O2/c1-17(23(28)25-16-20-4-8-21(24)9-5-20)26-14-12-19(13-15-26)3-2-18-6-10-22(27)11-7-18/h4-11,17,19,27H,2-3,12-16H2,1H3,(H,25,28). The number of rotatable bonds is 7. The molecule has 3 rings (SSSR count). The normalized spacial score (nSPS) is 16.6. The van der Waals surface area contributed by atoms with Gasteiger partial charge in [0.25, 0.3) is 0 Å². The lowest BCUT2D eigenvalue weighted by Crippen LogP contribution is -2.48. The number of hydrogen-bond acceptors (Lipinski definition) is 3. The number of phenols is 1. The summed E-state index contributed by atoms with van der Waals surface area (Å²) in [6, 6.07) is 13.5. The molecule has 1 aliphatic rings. The van der Waals surface area contributed by atoms with Crippen molar-refractivity contribution >= 4 is 5.91 Å². The van der Waals surface area contributed by atoms with Crippen LogP contribution in [-0.4, -0.2) is 35.0 Å². The number of aryl methyl sites for hydroxylation is 1. The van der Waals surface area contributed by atoms with E-state index in [1.54, 1.807) is 24.3 Å². The third-order valence-electron chi connectivity index (χ3n) is 5.73. The maximum atomic E-state index is 13.0. The number of phenolic OH excluding ortho intramolecular Hbond substituents is 1. The highest BCUT2D eigenvalue weighted by atomic mass is 19.1. The molecule has 0 bridgehead atoms. The largest absolute Gasteiger partial charge is 0.508 e. The fraction of sp³-hybridized carbons (Fsp3) is 0.435. The van der Waals surface area contributed by atoms with E-state index >= 15 is 0 Å². The summed E-state index contributed by atoms with van der Waals surface area (Å²) in [5.41, 5.74) is 2.16. The van der Waals surface area contributed by atoms with Gasteiger partial charge in [0.05, 0.1) is 6.04 Å². The van der Waals surface area contributed by atoms with Crippen LogP contribution in [0.2, 0.25) is 0 Å². The van der Waals surface area contributed by atoms with Gasteiger partial charge in [-0.05, 0) is 87.0 Å². The Morgan fingerprint density at radius 1 is 1.11 bits per heavy atom. The van der Waals surface area contributed by atoms with Gasteiger partial charge < -0.3 is 10.4 Å². The van der Waals surface area contributed by atoms with Crippen molar-refractivity contribution in [1.29, 1.82) is 0 Å². The smallest absolute Gasteiger partial charge is 0.237 e. The third kappa shape index (κ3) is 5.80. The first-order valence-corrected chi connectivity index (χ1v) is 10.1. The summed E-state index contributed by atoms with van der Waals surface area (Å²) in [7, 11) is 0. The van der Waals surface area contributed by atoms with Crippen LogP contribution in [0.5, 0.6) is 5.75 Å². The summed E-state index contributed by atoms with van der Waals surface area (Å²) in [6.07, 6.45) is 4.38. The van der Waals surface area contributed by atoms with Crippen molar-refractivity contribution in [3.63, 3.8) is 0 Å². The number of aromatic hydroxyl groups is 1. The second-order valence-electron chi connectivity index (χ2n) is 7.70. The minimum absolute atomic E-state index is 0.0202. The number of carbonyl (C=O) groups is 1. The number of nitrogens with one attached hydrogen (secondary N) is 1. The molecule has 0 radical (unpaired) electrons. The highest BCUT2D eigenvalue weighted by Crippen LogP contribution is 2.24. The first kappa shape index (κ1) is 20.3. The summed E-state index contributed by atoms with van der Waals surface area (Å²) in [4.78, 5) is 14.7. The van der Waals surface area contributed by atoms with Crippen molar-refractivity contribution in [2.75, 3.05) is 13.1 Å². The van der Waals surface area contributed by atoms with E-state index in [0.29, 0.717) is 18.2 Å². The zero-order chi connectivity index (χ0) is 19.9. The number of carbonyl (C=O) groups excluding carboxylic acids is 1. The summed E-state index contributed by atoms with van der Waals surface area (Å²) >= 11 is 0. The molecule has 1 heterocycles. The van der Waals surface area contributed by atoms with Gasteiger partial charge in [0, 0.05) is 6.54 Å². The maximum Gasteiger partial charge on any atom is 0.237 e. The Morgan fingerprint density at radius 3 is 2.36 bits per heavy atom. The Kier molecular flexibility index (Phi) is 7.04. The number of benzene rings is 2. The SMILES string of the molecule is CC(C(=O)NCc1ccc(F)cc1)N1CCC(CCc2ccc(O)cc2)CC1. The fourth-order valence-electron chi connectivity index (χ4n) is 3.77. The minimum Gasteiger partial charge on any atom is -0.508 e. The van der Waals surface area contributed by atoms with E-state index in [-0.39, 0.29) is 17.8 Å². The second-order valence-corrected chi connectivity index (χ2v) is 7.70. The van der Waals surface area contributed by atoms with Crippen molar-refractivity contribution < 1.29 is 14.3 Å². The lowest BCUT2D eigenvalue weighted by atomic mass is 9.90. The molecule has 2 aromatic carbocycles. The Bertz CT molecular complexity index is 753. The number of amides is 1. The molecule has 2 aromatic rings. The number of halogens is 1. The average Bonchev–Trinajstić information content (AvgIpc) is 2.72. The lowest BCUT2D eigenvalue weighted by Gasteiger charge is -2.35. The van der Waals surface area contributed by atoms with E-state index in [4.69, 9.17) is 0 Å². The molecule has 5 heteroatoms. The van der Waals surface area contributed by atoms with E-state index < -0.39 is 0 Å². The monoisotopic (exact) mass is 384 g/mol. The summed E-state index contributed by atoms with van der Waals surface area (Å²) in [5, 5.41) is 12.3. The third-order valence-corrected chi connectivity index (χ3v) is 5.73. The predicted molar refractivity (Wildman–Crippen MR) is 108 cm³/mol. The van der Waals surface area contributed by atoms with Crippen LogP contribution < -0.4 is 5.32 Å². The molecular formula is C23H29FN2O2.